The van der Waals surface area contributed by atoms with Crippen molar-refractivity contribution in [3.8, 4) is 5.75 Å². The lowest BCUT2D eigenvalue weighted by Crippen LogP contribution is -2.21. The third kappa shape index (κ3) is 4.55. The lowest BCUT2D eigenvalue weighted by molar-refractivity contribution is -0.118. The molecule has 1 N–H and O–H groups in total. The normalized spacial score (nSPS) is 10.1. The van der Waals surface area contributed by atoms with Gasteiger partial charge in [-0.2, -0.15) is 0 Å². The monoisotopic (exact) mass is 331 g/mol. The number of hydrogen-bond donors (Lipinski definition) is 1. The van der Waals surface area contributed by atoms with Gasteiger partial charge in [-0.1, -0.05) is 19.1 Å². The Kier molecular flexibility index (Phi) is 5.89. The summed E-state index contributed by atoms with van der Waals surface area (Å²) in [6, 6.07) is 11.0. The van der Waals surface area contributed by atoms with Crippen molar-refractivity contribution >= 4 is 17.6 Å². The fourth-order valence-electron chi connectivity index (χ4n) is 2.06. The predicted octanol–water partition coefficient (Wildman–Crippen LogP) is 3.19. The van der Waals surface area contributed by atoms with Crippen LogP contribution in [-0.2, 0) is 16.0 Å². The van der Waals surface area contributed by atoms with Crippen LogP contribution in [0.1, 0.15) is 22.8 Å². The number of amides is 1. The first-order chi connectivity index (χ1) is 11.5. The second-order valence-corrected chi connectivity index (χ2v) is 5.02. The van der Waals surface area contributed by atoms with Gasteiger partial charge >= 0.3 is 5.97 Å². The number of ether oxygens (including phenoxy) is 2. The molecule has 6 heteroatoms. The van der Waals surface area contributed by atoms with Gasteiger partial charge in [-0.05, 0) is 42.3 Å². The van der Waals surface area contributed by atoms with Crippen molar-refractivity contribution in [2.45, 2.75) is 13.3 Å². The topological polar surface area (TPSA) is 64.6 Å². The standard InChI is InChI=1S/C18H18FNO4/c1-3-12-5-4-6-14(9-12)24-11-17(21)20-16-10-13(18(22)23-2)7-8-15(16)19/h4-10H,3,11H2,1-2H3,(H,20,21). The van der Waals surface area contributed by atoms with Gasteiger partial charge in [0, 0.05) is 0 Å². The molecule has 0 spiro atoms. The van der Waals surface area contributed by atoms with E-state index in [1.54, 1.807) is 6.07 Å². The van der Waals surface area contributed by atoms with Crippen LogP contribution in [0.25, 0.3) is 0 Å². The molecule has 2 aromatic rings. The number of anilines is 1. The van der Waals surface area contributed by atoms with Crippen molar-refractivity contribution in [3.05, 3.63) is 59.4 Å². The van der Waals surface area contributed by atoms with Gasteiger partial charge in [0.2, 0.25) is 0 Å². The van der Waals surface area contributed by atoms with E-state index in [2.05, 4.69) is 10.1 Å². The number of carbonyl (C=O) groups is 2. The van der Waals surface area contributed by atoms with Crippen LogP contribution < -0.4 is 10.1 Å². The molecule has 24 heavy (non-hydrogen) atoms. The first-order valence-corrected chi connectivity index (χ1v) is 7.43. The van der Waals surface area contributed by atoms with E-state index in [0.29, 0.717) is 5.75 Å². The summed E-state index contributed by atoms with van der Waals surface area (Å²) in [5.41, 5.74) is 1.13. The second kappa shape index (κ2) is 8.10. The van der Waals surface area contributed by atoms with E-state index >= 15 is 0 Å². The fourth-order valence-corrected chi connectivity index (χ4v) is 2.06. The predicted molar refractivity (Wildman–Crippen MR) is 87.7 cm³/mol. The number of aryl methyl sites for hydroxylation is 1. The van der Waals surface area contributed by atoms with Crippen molar-refractivity contribution in [1.29, 1.82) is 0 Å². The van der Waals surface area contributed by atoms with E-state index in [1.165, 1.54) is 19.2 Å². The zero-order valence-electron chi connectivity index (χ0n) is 13.5. The van der Waals surface area contributed by atoms with E-state index < -0.39 is 17.7 Å². The lowest BCUT2D eigenvalue weighted by Gasteiger charge is -2.10. The number of carbonyl (C=O) groups excluding carboxylic acids is 2. The van der Waals surface area contributed by atoms with Crippen LogP contribution in [0.2, 0.25) is 0 Å². The number of benzene rings is 2. The maximum absolute atomic E-state index is 13.8. The molecule has 126 valence electrons. The van der Waals surface area contributed by atoms with Gasteiger partial charge in [0.15, 0.2) is 6.61 Å². The average Bonchev–Trinajstić information content (AvgIpc) is 2.61. The minimum atomic E-state index is -0.649. The molecule has 2 aromatic carbocycles. The molecular weight excluding hydrogens is 313 g/mol. The van der Waals surface area contributed by atoms with Gasteiger partial charge in [-0.3, -0.25) is 4.79 Å². The van der Waals surface area contributed by atoms with Crippen LogP contribution in [0.15, 0.2) is 42.5 Å². The summed E-state index contributed by atoms with van der Waals surface area (Å²) < 4.78 is 23.7. The number of rotatable bonds is 6. The highest BCUT2D eigenvalue weighted by molar-refractivity contribution is 5.95. The molecule has 0 heterocycles. The molecule has 0 aromatic heterocycles. The number of nitrogens with one attached hydrogen (secondary N) is 1. The minimum absolute atomic E-state index is 0.103. The summed E-state index contributed by atoms with van der Waals surface area (Å²) in [6.45, 7) is 1.75. The van der Waals surface area contributed by atoms with Crippen LogP contribution in [0.3, 0.4) is 0 Å². The SMILES string of the molecule is CCc1cccc(OCC(=O)Nc2cc(C(=O)OC)ccc2F)c1. The zero-order chi connectivity index (χ0) is 17.5. The first-order valence-electron chi connectivity index (χ1n) is 7.43. The maximum atomic E-state index is 13.8. The summed E-state index contributed by atoms with van der Waals surface area (Å²) in [5, 5.41) is 2.38. The Labute approximate surface area is 139 Å². The van der Waals surface area contributed by atoms with Crippen molar-refractivity contribution in [2.75, 3.05) is 19.0 Å². The van der Waals surface area contributed by atoms with Crippen LogP contribution >= 0.6 is 0 Å². The molecule has 0 unspecified atom stereocenters. The van der Waals surface area contributed by atoms with Crippen molar-refractivity contribution < 1.29 is 23.5 Å². The quantitative estimate of drug-likeness (QED) is 0.826. The molecule has 0 saturated carbocycles. The van der Waals surface area contributed by atoms with E-state index in [-0.39, 0.29) is 17.9 Å². The maximum Gasteiger partial charge on any atom is 0.337 e. The Balaban J connectivity index is 2.00. The lowest BCUT2D eigenvalue weighted by atomic mass is 10.2. The van der Waals surface area contributed by atoms with E-state index in [9.17, 15) is 14.0 Å². The Hall–Kier alpha value is -2.89. The highest BCUT2D eigenvalue weighted by Gasteiger charge is 2.12. The van der Waals surface area contributed by atoms with Gasteiger partial charge in [0.05, 0.1) is 18.4 Å². The largest absolute Gasteiger partial charge is 0.484 e. The van der Waals surface area contributed by atoms with Crippen molar-refractivity contribution in [3.63, 3.8) is 0 Å². The van der Waals surface area contributed by atoms with E-state index in [0.717, 1.165) is 18.1 Å². The summed E-state index contributed by atoms with van der Waals surface area (Å²) >= 11 is 0. The molecule has 0 atom stereocenters. The molecule has 0 radical (unpaired) electrons. The Morgan fingerprint density at radius 1 is 1.17 bits per heavy atom. The average molecular weight is 331 g/mol. The third-order valence-electron chi connectivity index (χ3n) is 3.34. The summed E-state index contributed by atoms with van der Waals surface area (Å²) in [5.74, 6) is -1.23. The fraction of sp³-hybridized carbons (Fsp3) is 0.222. The number of hydrogen-bond acceptors (Lipinski definition) is 4. The Bertz CT molecular complexity index is 746. The van der Waals surface area contributed by atoms with Crippen LogP contribution in [0.4, 0.5) is 10.1 Å². The Morgan fingerprint density at radius 3 is 2.67 bits per heavy atom. The van der Waals surface area contributed by atoms with Gasteiger partial charge in [0.25, 0.3) is 5.91 Å². The number of halogens is 1. The molecule has 2 rings (SSSR count). The van der Waals surface area contributed by atoms with E-state index in [4.69, 9.17) is 4.74 Å². The van der Waals surface area contributed by atoms with Crippen LogP contribution in [-0.4, -0.2) is 25.6 Å². The van der Waals surface area contributed by atoms with Crippen LogP contribution in [0, 0.1) is 5.82 Å². The second-order valence-electron chi connectivity index (χ2n) is 5.02. The van der Waals surface area contributed by atoms with Gasteiger partial charge in [0.1, 0.15) is 11.6 Å². The molecule has 0 aliphatic carbocycles. The summed E-state index contributed by atoms with van der Waals surface area (Å²) in [7, 11) is 1.22. The van der Waals surface area contributed by atoms with E-state index in [1.807, 2.05) is 25.1 Å². The smallest absolute Gasteiger partial charge is 0.337 e. The van der Waals surface area contributed by atoms with Gasteiger partial charge in [-0.25, -0.2) is 9.18 Å². The molecule has 5 nitrogen and oxygen atoms in total. The minimum Gasteiger partial charge on any atom is -0.484 e. The highest BCUT2D eigenvalue weighted by atomic mass is 19.1. The number of methoxy groups -OCH3 is 1. The highest BCUT2D eigenvalue weighted by Crippen LogP contribution is 2.17. The number of esters is 1. The molecular formula is C18H18FNO4. The molecule has 0 aliphatic heterocycles. The van der Waals surface area contributed by atoms with Gasteiger partial charge < -0.3 is 14.8 Å². The zero-order valence-corrected chi connectivity index (χ0v) is 13.5. The van der Waals surface area contributed by atoms with Crippen molar-refractivity contribution in [1.82, 2.24) is 0 Å². The first kappa shape index (κ1) is 17.5. The summed E-state index contributed by atoms with van der Waals surface area (Å²) in [6.07, 6.45) is 0.856. The molecule has 0 aliphatic rings. The molecule has 0 fully saturated rings. The van der Waals surface area contributed by atoms with Crippen molar-refractivity contribution in [2.24, 2.45) is 0 Å². The molecule has 0 saturated heterocycles. The Morgan fingerprint density at radius 2 is 1.96 bits per heavy atom. The summed E-state index contributed by atoms with van der Waals surface area (Å²) in [4.78, 5) is 23.4. The molecule has 0 bridgehead atoms. The third-order valence-corrected chi connectivity index (χ3v) is 3.34. The molecule has 1 amide bonds. The van der Waals surface area contributed by atoms with Gasteiger partial charge in [-0.15, -0.1) is 0 Å². The van der Waals surface area contributed by atoms with Crippen LogP contribution in [0.5, 0.6) is 5.75 Å².